The van der Waals surface area contributed by atoms with Crippen molar-refractivity contribution in [2.45, 2.75) is 19.8 Å². The van der Waals surface area contributed by atoms with Crippen LogP contribution in [0.3, 0.4) is 0 Å². The minimum absolute atomic E-state index is 0.558. The number of allylic oxidation sites excluding steroid dienone is 5. The molecule has 0 fully saturated rings. The highest BCUT2D eigenvalue weighted by molar-refractivity contribution is 6.19. The smallest absolute Gasteiger partial charge is 0.0436 e. The number of alkyl halides is 1. The van der Waals surface area contributed by atoms with E-state index in [1.54, 1.807) is 0 Å². The molecule has 100 valence electrons. The standard InChI is InChI=1S/C13H18ClN.C2H5N/c1-3-12(2)7-4-5-8-13(11-14)9-6-10-15;1-2-3/h1,4-5,7,9H,6,8,10-11,15H2,2H3;2H,1,3H2/b5-4-,12-7-,13-9-;. The lowest BCUT2D eigenvalue weighted by molar-refractivity contribution is 0.987. The van der Waals surface area contributed by atoms with E-state index in [1.165, 1.54) is 11.8 Å². The van der Waals surface area contributed by atoms with E-state index in [4.69, 9.17) is 23.8 Å². The van der Waals surface area contributed by atoms with Crippen LogP contribution in [0.5, 0.6) is 0 Å². The molecule has 0 rings (SSSR count). The SMILES string of the molecule is C#C/C(C)=C\C=C/C/C(=C/CCN)CCl.C=CN. The molecule has 3 heteroatoms. The van der Waals surface area contributed by atoms with E-state index in [0.29, 0.717) is 12.4 Å². The van der Waals surface area contributed by atoms with Crippen molar-refractivity contribution in [3.8, 4) is 12.3 Å². The van der Waals surface area contributed by atoms with Crippen molar-refractivity contribution in [2.24, 2.45) is 11.5 Å². The van der Waals surface area contributed by atoms with Gasteiger partial charge in [0.25, 0.3) is 0 Å². The first-order valence-corrected chi connectivity index (χ1v) is 6.26. The number of rotatable bonds is 6. The first-order valence-electron chi connectivity index (χ1n) is 5.72. The van der Waals surface area contributed by atoms with Gasteiger partial charge in [-0.05, 0) is 38.1 Å². The van der Waals surface area contributed by atoms with Gasteiger partial charge in [0.2, 0.25) is 0 Å². The zero-order valence-electron chi connectivity index (χ0n) is 11.0. The van der Waals surface area contributed by atoms with Crippen molar-refractivity contribution in [3.05, 3.63) is 48.2 Å². The van der Waals surface area contributed by atoms with Crippen LogP contribution in [-0.2, 0) is 0 Å². The molecule has 0 aliphatic heterocycles. The fourth-order valence-corrected chi connectivity index (χ4v) is 1.18. The zero-order valence-corrected chi connectivity index (χ0v) is 11.8. The molecule has 0 aromatic heterocycles. The van der Waals surface area contributed by atoms with E-state index in [1.807, 2.05) is 25.2 Å². The van der Waals surface area contributed by atoms with Crippen LogP contribution in [0.1, 0.15) is 19.8 Å². The average Bonchev–Trinajstić information content (AvgIpc) is 2.38. The van der Waals surface area contributed by atoms with Crippen LogP contribution < -0.4 is 11.5 Å². The number of hydrogen-bond donors (Lipinski definition) is 2. The van der Waals surface area contributed by atoms with E-state index in [9.17, 15) is 0 Å². The molecule has 0 unspecified atom stereocenters. The largest absolute Gasteiger partial charge is 0.405 e. The Morgan fingerprint density at radius 1 is 1.50 bits per heavy atom. The maximum Gasteiger partial charge on any atom is 0.0436 e. The van der Waals surface area contributed by atoms with Gasteiger partial charge < -0.3 is 11.5 Å². The molecule has 0 atom stereocenters. The van der Waals surface area contributed by atoms with Gasteiger partial charge in [-0.1, -0.05) is 42.4 Å². The van der Waals surface area contributed by atoms with E-state index in [2.05, 4.69) is 24.3 Å². The minimum atomic E-state index is 0.558. The van der Waals surface area contributed by atoms with Gasteiger partial charge >= 0.3 is 0 Å². The molecule has 0 saturated heterocycles. The molecule has 18 heavy (non-hydrogen) atoms. The maximum absolute atomic E-state index is 5.78. The molecule has 0 aromatic carbocycles. The second kappa shape index (κ2) is 15.6. The van der Waals surface area contributed by atoms with Crippen molar-refractivity contribution >= 4 is 11.6 Å². The molecule has 0 aromatic rings. The van der Waals surface area contributed by atoms with Crippen LogP contribution in [-0.4, -0.2) is 12.4 Å². The van der Waals surface area contributed by atoms with Gasteiger partial charge in [-0.3, -0.25) is 0 Å². The zero-order chi connectivity index (χ0) is 14.2. The maximum atomic E-state index is 5.78. The fourth-order valence-electron chi connectivity index (χ4n) is 0.960. The Morgan fingerprint density at radius 3 is 2.56 bits per heavy atom. The lowest BCUT2D eigenvalue weighted by atomic mass is 10.1. The lowest BCUT2D eigenvalue weighted by Crippen LogP contribution is -1.96. The molecule has 0 bridgehead atoms. The quantitative estimate of drug-likeness (QED) is 0.336. The van der Waals surface area contributed by atoms with E-state index in [0.717, 1.165) is 18.4 Å². The molecule has 0 heterocycles. The van der Waals surface area contributed by atoms with Gasteiger partial charge in [-0.2, -0.15) is 0 Å². The third kappa shape index (κ3) is 14.6. The number of nitrogens with two attached hydrogens (primary N) is 2. The Kier molecular flexibility index (Phi) is 16.4. The Labute approximate surface area is 116 Å². The first-order chi connectivity index (χ1) is 8.65. The molecular formula is C15H23ClN2. The summed E-state index contributed by atoms with van der Waals surface area (Å²) in [4.78, 5) is 0. The topological polar surface area (TPSA) is 52.0 Å². The van der Waals surface area contributed by atoms with Gasteiger partial charge in [0.1, 0.15) is 0 Å². The van der Waals surface area contributed by atoms with Crippen LogP contribution in [0.4, 0.5) is 0 Å². The summed E-state index contributed by atoms with van der Waals surface area (Å²) in [7, 11) is 0. The van der Waals surface area contributed by atoms with Crippen molar-refractivity contribution in [1.82, 2.24) is 0 Å². The Bertz CT molecular complexity index is 333. The Balaban J connectivity index is 0. The lowest BCUT2D eigenvalue weighted by Gasteiger charge is -1.97. The average molecular weight is 267 g/mol. The Hall–Kier alpha value is -1.43. The first kappa shape index (κ1) is 18.9. The summed E-state index contributed by atoms with van der Waals surface area (Å²) in [5.74, 6) is 3.11. The summed E-state index contributed by atoms with van der Waals surface area (Å²) in [6, 6.07) is 0. The van der Waals surface area contributed by atoms with Crippen LogP contribution in [0.15, 0.2) is 48.2 Å². The summed E-state index contributed by atoms with van der Waals surface area (Å²) < 4.78 is 0. The molecule has 0 spiro atoms. The number of terminal acetylenes is 1. The highest BCUT2D eigenvalue weighted by Crippen LogP contribution is 2.06. The van der Waals surface area contributed by atoms with Crippen molar-refractivity contribution < 1.29 is 0 Å². The van der Waals surface area contributed by atoms with Crippen molar-refractivity contribution in [3.63, 3.8) is 0 Å². The highest BCUT2D eigenvalue weighted by Gasteiger charge is 1.90. The number of halogens is 1. The van der Waals surface area contributed by atoms with Gasteiger partial charge in [0, 0.05) is 5.88 Å². The second-order valence-electron chi connectivity index (χ2n) is 3.44. The molecule has 4 N–H and O–H groups in total. The summed E-state index contributed by atoms with van der Waals surface area (Å²) in [6.45, 7) is 5.71. The fraction of sp³-hybridized carbons (Fsp3) is 0.333. The number of hydrogen-bond acceptors (Lipinski definition) is 2. The van der Waals surface area contributed by atoms with E-state index >= 15 is 0 Å². The van der Waals surface area contributed by atoms with Crippen LogP contribution in [0.25, 0.3) is 0 Å². The van der Waals surface area contributed by atoms with Crippen LogP contribution in [0, 0.1) is 12.3 Å². The molecule has 0 aliphatic rings. The van der Waals surface area contributed by atoms with Gasteiger partial charge in [-0.25, -0.2) is 0 Å². The Morgan fingerprint density at radius 2 is 2.11 bits per heavy atom. The highest BCUT2D eigenvalue weighted by atomic mass is 35.5. The molecule has 0 radical (unpaired) electrons. The minimum Gasteiger partial charge on any atom is -0.405 e. The summed E-state index contributed by atoms with van der Waals surface area (Å²) in [5.41, 5.74) is 12.1. The van der Waals surface area contributed by atoms with Gasteiger partial charge in [0.05, 0.1) is 0 Å². The van der Waals surface area contributed by atoms with Crippen LogP contribution >= 0.6 is 11.6 Å². The van der Waals surface area contributed by atoms with Gasteiger partial charge in [0.15, 0.2) is 0 Å². The summed E-state index contributed by atoms with van der Waals surface area (Å²) in [6.07, 6.45) is 16.2. The third-order valence-corrected chi connectivity index (χ3v) is 2.20. The normalized spacial score (nSPS) is 11.7. The monoisotopic (exact) mass is 266 g/mol. The van der Waals surface area contributed by atoms with Crippen molar-refractivity contribution in [1.29, 1.82) is 0 Å². The van der Waals surface area contributed by atoms with Crippen LogP contribution in [0.2, 0.25) is 0 Å². The summed E-state index contributed by atoms with van der Waals surface area (Å²) in [5, 5.41) is 0. The van der Waals surface area contributed by atoms with E-state index in [-0.39, 0.29) is 0 Å². The van der Waals surface area contributed by atoms with Gasteiger partial charge in [-0.15, -0.1) is 18.0 Å². The van der Waals surface area contributed by atoms with E-state index < -0.39 is 0 Å². The molecule has 0 amide bonds. The molecule has 0 saturated carbocycles. The molecule has 0 aliphatic carbocycles. The molecule has 2 nitrogen and oxygen atoms in total. The predicted molar refractivity (Wildman–Crippen MR) is 83.2 cm³/mol. The molecular weight excluding hydrogens is 244 g/mol. The van der Waals surface area contributed by atoms with Crippen molar-refractivity contribution in [2.75, 3.05) is 12.4 Å². The third-order valence-electron chi connectivity index (χ3n) is 1.86. The summed E-state index contributed by atoms with van der Waals surface area (Å²) >= 11 is 5.78. The predicted octanol–water partition coefficient (Wildman–Crippen LogP) is 3.11. The second-order valence-corrected chi connectivity index (χ2v) is 3.70.